The average Bonchev–Trinajstić information content (AvgIpc) is 3.74. The summed E-state index contributed by atoms with van der Waals surface area (Å²) in [5.74, 6) is 0.699. The van der Waals surface area contributed by atoms with Gasteiger partial charge in [0.2, 0.25) is 0 Å². The van der Waals surface area contributed by atoms with Crippen molar-refractivity contribution in [3.63, 3.8) is 0 Å². The number of nitrogens with zero attached hydrogens (tertiary/aromatic N) is 2. The second-order valence-electron chi connectivity index (χ2n) is 18.0. The van der Waals surface area contributed by atoms with Gasteiger partial charge < -0.3 is 0 Å². The Morgan fingerprint density at radius 3 is 1.41 bits per heavy atom. The Balaban J connectivity index is 1.03. The zero-order valence-electron chi connectivity index (χ0n) is 37.8. The third-order valence-electron chi connectivity index (χ3n) is 14.2. The van der Waals surface area contributed by atoms with Crippen LogP contribution in [0, 0.1) is 0 Å². The lowest BCUT2D eigenvalue weighted by Gasteiger charge is -2.34. The lowest BCUT2D eigenvalue weighted by Crippen LogP contribution is -2.28. The van der Waals surface area contributed by atoms with Crippen molar-refractivity contribution in [2.45, 2.75) is 5.41 Å². The molecule has 0 bridgehead atoms. The van der Waals surface area contributed by atoms with Crippen molar-refractivity contribution in [2.75, 3.05) is 0 Å². The van der Waals surface area contributed by atoms with Crippen LogP contribution in [-0.4, -0.2) is 9.97 Å². The van der Waals surface area contributed by atoms with Crippen LogP contribution in [0.4, 0.5) is 0 Å². The summed E-state index contributed by atoms with van der Waals surface area (Å²) in [4.78, 5) is 10.6. The molecule has 0 unspecified atom stereocenters. The third-order valence-corrected chi connectivity index (χ3v) is 14.2. The van der Waals surface area contributed by atoms with Crippen LogP contribution in [-0.2, 0) is 5.41 Å². The molecule has 0 spiro atoms. The Bertz CT molecular complexity index is 3830. The largest absolute Gasteiger partial charge is 0.228 e. The summed E-state index contributed by atoms with van der Waals surface area (Å²) in [5, 5.41) is 4.64. The SMILES string of the molecule is c1ccc(-c2cc(-c3cccc4c3-c3ccccc3C4(c3ccccc3)c3ccccc3)cc(-c3ccc(-c4cc(-c5cccc6ccccc56)nc(-c5ccccc5)n4)c4ccccc34)c2)cc1. The summed E-state index contributed by atoms with van der Waals surface area (Å²) < 4.78 is 0. The number of hydrogen-bond acceptors (Lipinski definition) is 2. The van der Waals surface area contributed by atoms with E-state index in [2.05, 4.69) is 261 Å². The van der Waals surface area contributed by atoms with Crippen molar-refractivity contribution in [1.82, 2.24) is 9.97 Å². The molecule has 0 N–H and O–H groups in total. The van der Waals surface area contributed by atoms with E-state index in [1.165, 1.54) is 61.0 Å². The minimum absolute atomic E-state index is 0.495. The Labute approximate surface area is 402 Å². The van der Waals surface area contributed by atoms with Crippen molar-refractivity contribution in [2.24, 2.45) is 0 Å². The molecule has 12 aromatic rings. The molecule has 0 fully saturated rings. The summed E-state index contributed by atoms with van der Waals surface area (Å²) in [6, 6.07) is 96.9. The Kier molecular flexibility index (Phi) is 9.77. The van der Waals surface area contributed by atoms with Crippen LogP contribution in [0.2, 0.25) is 0 Å². The maximum absolute atomic E-state index is 5.34. The van der Waals surface area contributed by atoms with Crippen molar-refractivity contribution in [3.05, 3.63) is 289 Å². The Hall–Kier alpha value is -8.98. The second kappa shape index (κ2) is 16.7. The fraction of sp³-hybridized carbons (Fsp3) is 0.0149. The minimum Gasteiger partial charge on any atom is -0.228 e. The molecule has 0 saturated heterocycles. The van der Waals surface area contributed by atoms with Gasteiger partial charge in [-0.15, -0.1) is 0 Å². The molecule has 2 nitrogen and oxygen atoms in total. The van der Waals surface area contributed by atoms with Crippen molar-refractivity contribution in [3.8, 4) is 78.4 Å². The zero-order valence-corrected chi connectivity index (χ0v) is 37.8. The van der Waals surface area contributed by atoms with E-state index in [1.807, 2.05) is 6.07 Å². The summed E-state index contributed by atoms with van der Waals surface area (Å²) in [6.45, 7) is 0. The molecule has 69 heavy (non-hydrogen) atoms. The molecule has 0 radical (unpaired) electrons. The maximum atomic E-state index is 5.34. The van der Waals surface area contributed by atoms with Crippen LogP contribution in [0.25, 0.3) is 100.0 Å². The highest BCUT2D eigenvalue weighted by Gasteiger charge is 2.46. The van der Waals surface area contributed by atoms with Gasteiger partial charge in [0.1, 0.15) is 0 Å². The predicted molar refractivity (Wildman–Crippen MR) is 287 cm³/mol. The number of fused-ring (bicyclic) bond motifs is 5. The molecule has 0 saturated carbocycles. The van der Waals surface area contributed by atoms with Crippen LogP contribution < -0.4 is 0 Å². The smallest absolute Gasteiger partial charge is 0.160 e. The van der Waals surface area contributed by atoms with Gasteiger partial charge in [-0.1, -0.05) is 243 Å². The van der Waals surface area contributed by atoms with E-state index in [1.54, 1.807) is 0 Å². The first-order chi connectivity index (χ1) is 34.2. The lowest BCUT2D eigenvalue weighted by atomic mass is 9.67. The lowest BCUT2D eigenvalue weighted by molar-refractivity contribution is 0.768. The maximum Gasteiger partial charge on any atom is 0.160 e. The molecule has 1 aromatic heterocycles. The highest BCUT2D eigenvalue weighted by Crippen LogP contribution is 2.58. The van der Waals surface area contributed by atoms with Crippen LogP contribution in [0.1, 0.15) is 22.3 Å². The highest BCUT2D eigenvalue weighted by molar-refractivity contribution is 6.06. The van der Waals surface area contributed by atoms with E-state index in [4.69, 9.17) is 9.97 Å². The van der Waals surface area contributed by atoms with Gasteiger partial charge in [-0.2, -0.15) is 0 Å². The predicted octanol–water partition coefficient (Wildman–Crippen LogP) is 17.1. The van der Waals surface area contributed by atoms with E-state index in [-0.39, 0.29) is 0 Å². The van der Waals surface area contributed by atoms with Gasteiger partial charge in [0.15, 0.2) is 5.82 Å². The number of rotatable bonds is 8. The molecule has 0 atom stereocenters. The number of hydrogen-bond donors (Lipinski definition) is 0. The van der Waals surface area contributed by atoms with Gasteiger partial charge in [0.25, 0.3) is 0 Å². The highest BCUT2D eigenvalue weighted by atomic mass is 14.9. The second-order valence-corrected chi connectivity index (χ2v) is 18.0. The van der Waals surface area contributed by atoms with Gasteiger partial charge in [-0.05, 0) is 113 Å². The van der Waals surface area contributed by atoms with Gasteiger partial charge in [-0.25, -0.2) is 9.97 Å². The van der Waals surface area contributed by atoms with Gasteiger partial charge in [-0.3, -0.25) is 0 Å². The molecule has 11 aromatic carbocycles. The topological polar surface area (TPSA) is 25.8 Å². The minimum atomic E-state index is -0.495. The summed E-state index contributed by atoms with van der Waals surface area (Å²) in [5.41, 5.74) is 19.1. The molecule has 1 aliphatic rings. The van der Waals surface area contributed by atoms with E-state index in [9.17, 15) is 0 Å². The molecule has 0 amide bonds. The van der Waals surface area contributed by atoms with E-state index in [0.29, 0.717) is 5.82 Å². The average molecular weight is 877 g/mol. The molecule has 13 rings (SSSR count). The van der Waals surface area contributed by atoms with Crippen LogP contribution in [0.5, 0.6) is 0 Å². The molecule has 322 valence electrons. The molecule has 1 heterocycles. The van der Waals surface area contributed by atoms with Crippen LogP contribution in [0.15, 0.2) is 267 Å². The number of benzene rings is 11. The number of aromatic nitrogens is 2. The first-order valence-corrected chi connectivity index (χ1v) is 23.7. The summed E-state index contributed by atoms with van der Waals surface area (Å²) >= 11 is 0. The molecule has 1 aliphatic carbocycles. The van der Waals surface area contributed by atoms with Crippen molar-refractivity contribution < 1.29 is 0 Å². The third kappa shape index (κ3) is 6.72. The molecule has 2 heteroatoms. The standard InChI is InChI=1S/C67H44N2/c1-5-21-45(22-6-1)48-41-49(43-50(42-48)55-35-20-38-62-65(55)60-34-17-18-37-61(60)67(62,51-27-9-3-10-28-51)52-29-11-4-12-30-52)54-39-40-59(57-33-16-15-32-56(54)57)64-44-63(68-66(69-64)47-24-7-2-8-25-47)58-36-19-26-46-23-13-14-31-53(46)58/h1-44H. The fourth-order valence-corrected chi connectivity index (χ4v) is 11.1. The summed E-state index contributed by atoms with van der Waals surface area (Å²) in [6.07, 6.45) is 0. The van der Waals surface area contributed by atoms with Crippen LogP contribution in [0.3, 0.4) is 0 Å². The Morgan fingerprint density at radius 1 is 0.261 bits per heavy atom. The van der Waals surface area contributed by atoms with E-state index >= 15 is 0 Å². The van der Waals surface area contributed by atoms with Crippen molar-refractivity contribution >= 4 is 21.5 Å². The van der Waals surface area contributed by atoms with Gasteiger partial charge >= 0.3 is 0 Å². The zero-order chi connectivity index (χ0) is 45.7. The Morgan fingerprint density at radius 2 is 0.710 bits per heavy atom. The van der Waals surface area contributed by atoms with Gasteiger partial charge in [0, 0.05) is 16.7 Å². The fourth-order valence-electron chi connectivity index (χ4n) is 11.1. The van der Waals surface area contributed by atoms with Crippen LogP contribution >= 0.6 is 0 Å². The summed E-state index contributed by atoms with van der Waals surface area (Å²) in [7, 11) is 0. The molecule has 0 aliphatic heterocycles. The van der Waals surface area contributed by atoms with E-state index < -0.39 is 5.41 Å². The first-order valence-electron chi connectivity index (χ1n) is 23.7. The monoisotopic (exact) mass is 876 g/mol. The quantitative estimate of drug-likeness (QED) is 0.152. The normalized spacial score (nSPS) is 12.5. The molecular formula is C67H44N2. The molecular weight excluding hydrogens is 833 g/mol. The van der Waals surface area contributed by atoms with Crippen molar-refractivity contribution in [1.29, 1.82) is 0 Å². The van der Waals surface area contributed by atoms with E-state index in [0.717, 1.165) is 55.4 Å². The first kappa shape index (κ1) is 40.3. The van der Waals surface area contributed by atoms with Gasteiger partial charge in [0.05, 0.1) is 16.8 Å².